The lowest BCUT2D eigenvalue weighted by Gasteiger charge is -2.33. The van der Waals surface area contributed by atoms with Crippen LogP contribution in [0.4, 0.5) is 16.2 Å². The number of anilines is 2. The molecule has 1 aliphatic heterocycles. The Labute approximate surface area is 219 Å². The highest BCUT2D eigenvalue weighted by atomic mass is 19.1. The smallest absolute Gasteiger partial charge is 0.228 e. The number of ether oxygens (including phenoxy) is 1. The van der Waals surface area contributed by atoms with Crippen molar-refractivity contribution in [2.75, 3.05) is 25.5 Å². The van der Waals surface area contributed by atoms with Gasteiger partial charge < -0.3 is 10.1 Å². The Hall–Kier alpha value is -4.38. The van der Waals surface area contributed by atoms with Crippen LogP contribution in [0.3, 0.4) is 0 Å². The highest BCUT2D eigenvalue weighted by Crippen LogP contribution is 2.30. The second-order valence-corrected chi connectivity index (χ2v) is 9.42. The molecule has 5 aromatic rings. The summed E-state index contributed by atoms with van der Waals surface area (Å²) >= 11 is 0. The summed E-state index contributed by atoms with van der Waals surface area (Å²) in [7, 11) is 3.43. The topological polar surface area (TPSA) is 98.8 Å². The van der Waals surface area contributed by atoms with Crippen LogP contribution < -0.4 is 10.1 Å². The molecular formula is C27H28FN9O. The Morgan fingerprint density at radius 2 is 2.05 bits per heavy atom. The van der Waals surface area contributed by atoms with E-state index in [0.29, 0.717) is 23.8 Å². The number of methoxy groups -OCH3 is 1. The van der Waals surface area contributed by atoms with Gasteiger partial charge in [0.1, 0.15) is 22.9 Å². The van der Waals surface area contributed by atoms with E-state index in [0.717, 1.165) is 54.0 Å². The van der Waals surface area contributed by atoms with Gasteiger partial charge in [-0.3, -0.25) is 9.58 Å². The van der Waals surface area contributed by atoms with Gasteiger partial charge in [-0.25, -0.2) is 19.0 Å². The molecule has 0 amide bonds. The maximum absolute atomic E-state index is 14.5. The first kappa shape index (κ1) is 24.0. The van der Waals surface area contributed by atoms with Crippen molar-refractivity contribution < 1.29 is 9.13 Å². The van der Waals surface area contributed by atoms with Crippen LogP contribution in [0.15, 0.2) is 60.9 Å². The number of aromatic nitrogens is 7. The van der Waals surface area contributed by atoms with E-state index in [1.54, 1.807) is 36.3 Å². The van der Waals surface area contributed by atoms with Gasteiger partial charge >= 0.3 is 0 Å². The Kier molecular flexibility index (Phi) is 6.42. The fourth-order valence-electron chi connectivity index (χ4n) is 5.04. The first-order valence-corrected chi connectivity index (χ1v) is 12.6. The highest BCUT2D eigenvalue weighted by molar-refractivity contribution is 5.80. The zero-order chi connectivity index (χ0) is 26.1. The van der Waals surface area contributed by atoms with Crippen molar-refractivity contribution >= 4 is 22.8 Å². The number of fused-ring (bicyclic) bond motifs is 1. The molecular weight excluding hydrogens is 485 g/mol. The summed E-state index contributed by atoms with van der Waals surface area (Å²) in [4.78, 5) is 11.3. The molecule has 10 nitrogen and oxygen atoms in total. The molecule has 194 valence electrons. The first-order valence-electron chi connectivity index (χ1n) is 12.6. The minimum atomic E-state index is -0.242. The molecule has 0 aliphatic carbocycles. The predicted molar refractivity (Wildman–Crippen MR) is 142 cm³/mol. The van der Waals surface area contributed by atoms with Gasteiger partial charge in [0.2, 0.25) is 5.95 Å². The molecule has 0 bridgehead atoms. The lowest BCUT2D eigenvalue weighted by Crippen LogP contribution is -2.36. The van der Waals surface area contributed by atoms with E-state index in [2.05, 4.69) is 35.6 Å². The summed E-state index contributed by atoms with van der Waals surface area (Å²) in [5.74, 6) is 1.63. The van der Waals surface area contributed by atoms with Gasteiger partial charge in [-0.05, 0) is 49.7 Å². The lowest BCUT2D eigenvalue weighted by atomic mass is 10.0. The molecule has 3 aromatic heterocycles. The summed E-state index contributed by atoms with van der Waals surface area (Å²) in [5.41, 5.74) is 4.06. The minimum Gasteiger partial charge on any atom is -0.496 e. The average Bonchev–Trinajstić information content (AvgIpc) is 3.55. The Morgan fingerprint density at radius 1 is 1.13 bits per heavy atom. The number of halogens is 1. The maximum atomic E-state index is 14.5. The standard InChI is InChI=1S/C27H28FN9O/c1-35-26(11-13-30-35)32-27-29-12-10-22(31-27)18-8-9-24-23(15-18)33-34-37(24)19-5-4-14-36(16-19)17-20-21(28)6-3-7-25(20)38-2/h3,6-13,15,19H,4-5,14,16-17H2,1-2H3,(H,29,31,32)/t19-/m1/s1. The fourth-order valence-corrected chi connectivity index (χ4v) is 5.04. The molecule has 2 aromatic carbocycles. The third kappa shape index (κ3) is 4.68. The molecule has 1 aliphatic rings. The Morgan fingerprint density at radius 3 is 2.89 bits per heavy atom. The molecule has 0 spiro atoms. The van der Waals surface area contributed by atoms with E-state index in [9.17, 15) is 4.39 Å². The van der Waals surface area contributed by atoms with Crippen LogP contribution in [0.2, 0.25) is 0 Å². The lowest BCUT2D eigenvalue weighted by molar-refractivity contribution is 0.161. The van der Waals surface area contributed by atoms with Gasteiger partial charge in [-0.1, -0.05) is 17.3 Å². The van der Waals surface area contributed by atoms with Crippen LogP contribution >= 0.6 is 0 Å². The van der Waals surface area contributed by atoms with Crippen LogP contribution in [0.1, 0.15) is 24.4 Å². The van der Waals surface area contributed by atoms with Crippen LogP contribution in [0.5, 0.6) is 5.75 Å². The predicted octanol–water partition coefficient (Wildman–Crippen LogP) is 4.35. The largest absolute Gasteiger partial charge is 0.496 e. The van der Waals surface area contributed by atoms with Crippen molar-refractivity contribution in [3.05, 3.63) is 72.3 Å². The third-order valence-corrected chi connectivity index (χ3v) is 6.99. The third-order valence-electron chi connectivity index (χ3n) is 6.99. The number of piperidine rings is 1. The Bertz CT molecular complexity index is 1580. The van der Waals surface area contributed by atoms with Crippen molar-refractivity contribution in [1.29, 1.82) is 0 Å². The van der Waals surface area contributed by atoms with Crippen LogP contribution in [-0.4, -0.2) is 59.8 Å². The molecule has 11 heteroatoms. The van der Waals surface area contributed by atoms with Crippen molar-refractivity contribution in [3.8, 4) is 17.0 Å². The van der Waals surface area contributed by atoms with E-state index in [-0.39, 0.29) is 11.9 Å². The van der Waals surface area contributed by atoms with Gasteiger partial charge in [0, 0.05) is 43.5 Å². The summed E-state index contributed by atoms with van der Waals surface area (Å²) in [6.45, 7) is 2.15. The second-order valence-electron chi connectivity index (χ2n) is 9.42. The summed E-state index contributed by atoms with van der Waals surface area (Å²) in [5, 5.41) is 16.3. The quantitative estimate of drug-likeness (QED) is 0.343. The van der Waals surface area contributed by atoms with Gasteiger partial charge in [-0.2, -0.15) is 5.10 Å². The molecule has 6 rings (SSSR count). The number of aryl methyl sites for hydroxylation is 1. The molecule has 1 saturated heterocycles. The van der Waals surface area contributed by atoms with Crippen LogP contribution in [0, 0.1) is 5.82 Å². The van der Waals surface area contributed by atoms with E-state index in [4.69, 9.17) is 4.74 Å². The Balaban J connectivity index is 1.21. The van der Waals surface area contributed by atoms with Gasteiger partial charge in [-0.15, -0.1) is 5.10 Å². The van der Waals surface area contributed by atoms with E-state index in [1.807, 2.05) is 42.1 Å². The van der Waals surface area contributed by atoms with Crippen molar-refractivity contribution in [2.45, 2.75) is 25.4 Å². The summed E-state index contributed by atoms with van der Waals surface area (Å²) in [6.07, 6.45) is 5.42. The molecule has 1 N–H and O–H groups in total. The van der Waals surface area contributed by atoms with Crippen LogP contribution in [-0.2, 0) is 13.6 Å². The van der Waals surface area contributed by atoms with Gasteiger partial charge in [0.15, 0.2) is 0 Å². The van der Waals surface area contributed by atoms with Crippen molar-refractivity contribution in [2.24, 2.45) is 7.05 Å². The first-order chi connectivity index (χ1) is 18.6. The minimum absolute atomic E-state index is 0.145. The number of nitrogens with zero attached hydrogens (tertiary/aromatic N) is 8. The van der Waals surface area contributed by atoms with E-state index in [1.165, 1.54) is 6.07 Å². The maximum Gasteiger partial charge on any atom is 0.228 e. The van der Waals surface area contributed by atoms with E-state index >= 15 is 0 Å². The second kappa shape index (κ2) is 10.2. The molecule has 1 fully saturated rings. The summed E-state index contributed by atoms with van der Waals surface area (Å²) in [6, 6.07) is 14.9. The number of benzene rings is 2. The molecule has 1 atom stereocenters. The van der Waals surface area contributed by atoms with Crippen molar-refractivity contribution in [3.63, 3.8) is 0 Å². The normalized spacial score (nSPS) is 16.1. The zero-order valence-electron chi connectivity index (χ0n) is 21.3. The fraction of sp³-hybridized carbons (Fsp3) is 0.296. The molecule has 4 heterocycles. The van der Waals surface area contributed by atoms with Crippen LogP contribution in [0.25, 0.3) is 22.3 Å². The highest BCUT2D eigenvalue weighted by Gasteiger charge is 2.25. The summed E-state index contributed by atoms with van der Waals surface area (Å²) < 4.78 is 23.7. The SMILES string of the molecule is COc1cccc(F)c1CN1CCC[C@@H](n2nnc3cc(-c4ccnc(Nc5ccnn5C)n4)ccc32)C1. The molecule has 0 saturated carbocycles. The van der Waals surface area contributed by atoms with E-state index < -0.39 is 0 Å². The van der Waals surface area contributed by atoms with Gasteiger partial charge in [0.25, 0.3) is 0 Å². The molecule has 38 heavy (non-hydrogen) atoms. The monoisotopic (exact) mass is 513 g/mol. The zero-order valence-corrected chi connectivity index (χ0v) is 21.3. The molecule has 0 radical (unpaired) electrons. The number of rotatable bonds is 7. The number of likely N-dealkylation sites (tertiary alicyclic amines) is 1. The number of hydrogen-bond donors (Lipinski definition) is 1. The molecule has 0 unspecified atom stereocenters. The number of nitrogens with one attached hydrogen (secondary N) is 1. The number of hydrogen-bond acceptors (Lipinski definition) is 8. The average molecular weight is 514 g/mol. The van der Waals surface area contributed by atoms with Crippen molar-refractivity contribution in [1.82, 2.24) is 39.6 Å². The van der Waals surface area contributed by atoms with Gasteiger partial charge in [0.05, 0.1) is 30.6 Å².